The number of aryl methyl sites for hydroxylation is 3. The smallest absolute Gasteiger partial charge is 0.297 e. The molecule has 0 N–H and O–H groups in total. The fourth-order valence-electron chi connectivity index (χ4n) is 1.70. The Hall–Kier alpha value is -0.0700. The first-order valence-corrected chi connectivity index (χ1v) is 7.41. The second-order valence-corrected chi connectivity index (χ2v) is 6.03. The monoisotopic (exact) mass is 377 g/mol. The quantitative estimate of drug-likeness (QED) is 0.422. The van der Waals surface area contributed by atoms with E-state index in [0.29, 0.717) is 0 Å². The molecule has 0 aliphatic heterocycles. The number of thioether (sulfide) groups is 1. The van der Waals surface area contributed by atoms with Crippen LogP contribution in [0, 0.1) is 6.92 Å². The Balaban J connectivity index is 0.00000144. The SMILES string of the molecule is CSc1sc(C)c[n+]1CCc1ccccc1.[I-]. The van der Waals surface area contributed by atoms with E-state index in [2.05, 4.69) is 54.3 Å². The van der Waals surface area contributed by atoms with Crippen molar-refractivity contribution in [1.82, 2.24) is 0 Å². The van der Waals surface area contributed by atoms with Gasteiger partial charge in [-0.05, 0) is 30.5 Å². The van der Waals surface area contributed by atoms with Crippen molar-refractivity contribution < 1.29 is 28.5 Å². The van der Waals surface area contributed by atoms with E-state index >= 15 is 0 Å². The third-order valence-corrected chi connectivity index (χ3v) is 4.65. The lowest BCUT2D eigenvalue weighted by atomic mass is 10.1. The largest absolute Gasteiger partial charge is 1.00 e. The summed E-state index contributed by atoms with van der Waals surface area (Å²) in [7, 11) is 0. The number of thiazole rings is 1. The predicted octanol–water partition coefficient (Wildman–Crippen LogP) is 0.313. The van der Waals surface area contributed by atoms with Crippen LogP contribution in [0.2, 0.25) is 0 Å². The van der Waals surface area contributed by atoms with Crippen molar-refractivity contribution in [1.29, 1.82) is 0 Å². The van der Waals surface area contributed by atoms with E-state index < -0.39 is 0 Å². The van der Waals surface area contributed by atoms with Crippen molar-refractivity contribution in [3.05, 3.63) is 47.0 Å². The molecule has 1 heterocycles. The van der Waals surface area contributed by atoms with Gasteiger partial charge in [-0.3, -0.25) is 0 Å². The van der Waals surface area contributed by atoms with Gasteiger partial charge in [0.1, 0.15) is 0 Å². The maximum absolute atomic E-state index is 2.36. The van der Waals surface area contributed by atoms with E-state index in [4.69, 9.17) is 0 Å². The van der Waals surface area contributed by atoms with E-state index in [1.165, 1.54) is 14.8 Å². The average Bonchev–Trinajstić information content (AvgIpc) is 2.68. The van der Waals surface area contributed by atoms with Crippen LogP contribution in [0.25, 0.3) is 0 Å². The summed E-state index contributed by atoms with van der Waals surface area (Å²) in [5.41, 5.74) is 1.41. The molecule has 0 bridgehead atoms. The molecule has 4 heteroatoms. The molecule has 0 saturated carbocycles. The lowest BCUT2D eigenvalue weighted by molar-refractivity contribution is -0.725. The number of hydrogen-bond acceptors (Lipinski definition) is 2. The summed E-state index contributed by atoms with van der Waals surface area (Å²) >= 11 is 3.71. The molecule has 2 rings (SSSR count). The molecule has 1 aromatic heterocycles. The summed E-state index contributed by atoms with van der Waals surface area (Å²) < 4.78 is 3.76. The number of halogens is 1. The van der Waals surface area contributed by atoms with Crippen LogP contribution in [0.15, 0.2) is 40.9 Å². The lowest BCUT2D eigenvalue weighted by Gasteiger charge is -1.97. The average molecular weight is 377 g/mol. The maximum Gasteiger partial charge on any atom is 0.297 e. The molecular formula is C13H16INS2. The van der Waals surface area contributed by atoms with Gasteiger partial charge in [-0.25, -0.2) is 0 Å². The Labute approximate surface area is 128 Å². The molecule has 92 valence electrons. The van der Waals surface area contributed by atoms with Crippen LogP contribution >= 0.6 is 23.1 Å². The number of nitrogens with zero attached hydrogens (tertiary/aromatic N) is 1. The summed E-state index contributed by atoms with van der Waals surface area (Å²) in [5, 5.41) is 0. The van der Waals surface area contributed by atoms with Gasteiger partial charge in [0.05, 0.1) is 4.88 Å². The Morgan fingerprint density at radius 2 is 1.94 bits per heavy atom. The van der Waals surface area contributed by atoms with Crippen LogP contribution in [-0.4, -0.2) is 6.26 Å². The highest BCUT2D eigenvalue weighted by atomic mass is 127. The van der Waals surface area contributed by atoms with E-state index in [0.717, 1.165) is 13.0 Å². The van der Waals surface area contributed by atoms with Crippen LogP contribution in [0.4, 0.5) is 0 Å². The number of hydrogen-bond donors (Lipinski definition) is 0. The lowest BCUT2D eigenvalue weighted by Crippen LogP contribution is -3.00. The van der Waals surface area contributed by atoms with Gasteiger partial charge >= 0.3 is 0 Å². The second-order valence-electron chi connectivity index (χ2n) is 3.74. The van der Waals surface area contributed by atoms with Crippen molar-refractivity contribution in [3.63, 3.8) is 0 Å². The molecule has 17 heavy (non-hydrogen) atoms. The highest BCUT2D eigenvalue weighted by molar-refractivity contribution is 8.00. The van der Waals surface area contributed by atoms with Gasteiger partial charge in [0.15, 0.2) is 12.7 Å². The molecule has 1 aromatic carbocycles. The predicted molar refractivity (Wildman–Crippen MR) is 71.2 cm³/mol. The molecule has 0 fully saturated rings. The molecule has 0 aliphatic carbocycles. The second kappa shape index (κ2) is 7.38. The first kappa shape index (κ1) is 15.0. The molecule has 0 aliphatic rings. The molecule has 0 amide bonds. The van der Waals surface area contributed by atoms with Crippen LogP contribution in [0.5, 0.6) is 0 Å². The first-order chi connectivity index (χ1) is 7.79. The van der Waals surface area contributed by atoms with E-state index in [1.54, 1.807) is 0 Å². The Kier molecular flexibility index (Phi) is 6.51. The van der Waals surface area contributed by atoms with Gasteiger partial charge in [-0.2, -0.15) is 4.57 Å². The minimum absolute atomic E-state index is 0. The van der Waals surface area contributed by atoms with Crippen LogP contribution in [0.1, 0.15) is 10.4 Å². The van der Waals surface area contributed by atoms with E-state index in [9.17, 15) is 0 Å². The van der Waals surface area contributed by atoms with Crippen LogP contribution in [-0.2, 0) is 13.0 Å². The molecular weight excluding hydrogens is 361 g/mol. The summed E-state index contributed by atoms with van der Waals surface area (Å²) in [6.07, 6.45) is 5.50. The van der Waals surface area contributed by atoms with Crippen molar-refractivity contribution in [2.24, 2.45) is 0 Å². The topological polar surface area (TPSA) is 3.88 Å². The van der Waals surface area contributed by atoms with Gasteiger partial charge in [0.25, 0.3) is 4.34 Å². The maximum atomic E-state index is 2.36. The third-order valence-electron chi connectivity index (χ3n) is 2.48. The van der Waals surface area contributed by atoms with E-state index in [-0.39, 0.29) is 24.0 Å². The van der Waals surface area contributed by atoms with Crippen LogP contribution in [0.3, 0.4) is 0 Å². The van der Waals surface area contributed by atoms with Gasteiger partial charge < -0.3 is 24.0 Å². The Bertz CT molecular complexity index is 454. The summed E-state index contributed by atoms with van der Waals surface area (Å²) in [6, 6.07) is 10.7. The summed E-state index contributed by atoms with van der Waals surface area (Å²) in [4.78, 5) is 1.39. The zero-order valence-corrected chi connectivity index (χ0v) is 13.8. The van der Waals surface area contributed by atoms with Gasteiger partial charge in [0.2, 0.25) is 0 Å². The Morgan fingerprint density at radius 3 is 2.59 bits per heavy atom. The molecule has 2 aromatic rings. The zero-order chi connectivity index (χ0) is 11.4. The molecule has 0 saturated heterocycles. The van der Waals surface area contributed by atoms with Crippen molar-refractivity contribution in [2.75, 3.05) is 6.26 Å². The zero-order valence-electron chi connectivity index (χ0n) is 10.0. The minimum Gasteiger partial charge on any atom is -1.00 e. The van der Waals surface area contributed by atoms with Crippen molar-refractivity contribution >= 4 is 23.1 Å². The molecule has 0 unspecified atom stereocenters. The molecule has 0 spiro atoms. The molecule has 0 radical (unpaired) electrons. The summed E-state index contributed by atoms with van der Waals surface area (Å²) in [5.74, 6) is 0. The highest BCUT2D eigenvalue weighted by Gasteiger charge is 2.13. The standard InChI is InChI=1S/C13H16NS2.HI/c1-11-10-14(13(15-2)16-11)9-8-12-6-4-3-5-7-12;/h3-7,10H,8-9H2,1-2H3;1H/q+1;/p-1. The minimum atomic E-state index is 0. The fourth-order valence-corrected chi connectivity index (χ4v) is 3.53. The number of benzene rings is 1. The third kappa shape index (κ3) is 4.26. The van der Waals surface area contributed by atoms with Crippen molar-refractivity contribution in [2.45, 2.75) is 24.2 Å². The number of aromatic nitrogens is 1. The van der Waals surface area contributed by atoms with Gasteiger partial charge in [-0.1, -0.05) is 41.7 Å². The molecule has 1 nitrogen and oxygen atoms in total. The van der Waals surface area contributed by atoms with Gasteiger partial charge in [0, 0.05) is 6.42 Å². The first-order valence-electron chi connectivity index (χ1n) is 5.37. The fraction of sp³-hybridized carbons (Fsp3) is 0.308. The Morgan fingerprint density at radius 1 is 1.24 bits per heavy atom. The highest BCUT2D eigenvalue weighted by Crippen LogP contribution is 2.19. The normalized spacial score (nSPS) is 10.0. The summed E-state index contributed by atoms with van der Waals surface area (Å²) in [6.45, 7) is 3.24. The van der Waals surface area contributed by atoms with Crippen molar-refractivity contribution in [3.8, 4) is 0 Å². The number of rotatable bonds is 4. The van der Waals surface area contributed by atoms with Gasteiger partial charge in [-0.15, -0.1) is 0 Å². The molecule has 0 atom stereocenters. The van der Waals surface area contributed by atoms with E-state index in [1.807, 2.05) is 23.1 Å². The van der Waals surface area contributed by atoms with Crippen LogP contribution < -0.4 is 28.5 Å².